The van der Waals surface area contributed by atoms with Gasteiger partial charge >= 0.3 is 5.97 Å². The second-order valence-corrected chi connectivity index (χ2v) is 7.31. The van der Waals surface area contributed by atoms with Gasteiger partial charge in [0.05, 0.1) is 19.3 Å². The molecule has 0 aliphatic carbocycles. The van der Waals surface area contributed by atoms with E-state index in [1.165, 1.54) is 29.6 Å². The van der Waals surface area contributed by atoms with Gasteiger partial charge in [0.1, 0.15) is 23.0 Å². The van der Waals surface area contributed by atoms with Crippen LogP contribution in [0.2, 0.25) is 0 Å². The minimum Gasteiger partial charge on any atom is -0.495 e. The largest absolute Gasteiger partial charge is 0.495 e. The number of anilines is 1. The highest BCUT2D eigenvalue weighted by atomic mass is 32.2. The SMILES string of the molecule is COc1ccc(/C=C\C(=O)O)cc1S(=O)(=O)N1CCOc2ccccc21. The summed E-state index contributed by atoms with van der Waals surface area (Å²) in [6.07, 6.45) is 2.27. The molecule has 0 saturated heterocycles. The first kappa shape index (κ1) is 17.8. The Kier molecular flexibility index (Phi) is 4.85. The zero-order chi connectivity index (χ0) is 18.7. The Balaban J connectivity index is 2.10. The van der Waals surface area contributed by atoms with Gasteiger partial charge in [-0.15, -0.1) is 0 Å². The van der Waals surface area contributed by atoms with Crippen molar-refractivity contribution in [1.29, 1.82) is 0 Å². The molecule has 1 N–H and O–H groups in total. The molecule has 0 radical (unpaired) electrons. The van der Waals surface area contributed by atoms with E-state index in [0.29, 0.717) is 17.0 Å². The maximum absolute atomic E-state index is 13.3. The molecule has 7 nitrogen and oxygen atoms in total. The van der Waals surface area contributed by atoms with Crippen LogP contribution < -0.4 is 13.8 Å². The van der Waals surface area contributed by atoms with E-state index in [1.54, 1.807) is 30.3 Å². The fraction of sp³-hybridized carbons (Fsp3) is 0.167. The van der Waals surface area contributed by atoms with Crippen molar-refractivity contribution in [2.24, 2.45) is 0 Å². The lowest BCUT2D eigenvalue weighted by molar-refractivity contribution is -0.131. The molecular weight excluding hydrogens is 358 g/mol. The third kappa shape index (κ3) is 3.36. The van der Waals surface area contributed by atoms with Crippen LogP contribution in [0.4, 0.5) is 5.69 Å². The van der Waals surface area contributed by atoms with Crippen molar-refractivity contribution in [1.82, 2.24) is 0 Å². The van der Waals surface area contributed by atoms with E-state index in [9.17, 15) is 13.2 Å². The van der Waals surface area contributed by atoms with Gasteiger partial charge in [-0.25, -0.2) is 13.2 Å². The summed E-state index contributed by atoms with van der Waals surface area (Å²) < 4.78 is 38.5. The van der Waals surface area contributed by atoms with Crippen molar-refractivity contribution in [3.05, 3.63) is 54.1 Å². The molecule has 136 valence electrons. The average Bonchev–Trinajstić information content (AvgIpc) is 2.65. The van der Waals surface area contributed by atoms with Crippen LogP contribution in [0.3, 0.4) is 0 Å². The zero-order valence-electron chi connectivity index (χ0n) is 14.0. The number of sulfonamides is 1. The number of ether oxygens (including phenoxy) is 2. The maximum Gasteiger partial charge on any atom is 0.328 e. The highest BCUT2D eigenvalue weighted by Crippen LogP contribution is 2.37. The van der Waals surface area contributed by atoms with Crippen molar-refractivity contribution >= 4 is 27.8 Å². The summed E-state index contributed by atoms with van der Waals surface area (Å²) in [5, 5.41) is 8.77. The molecule has 0 bridgehead atoms. The van der Waals surface area contributed by atoms with Gasteiger partial charge < -0.3 is 14.6 Å². The minimum atomic E-state index is -3.93. The fourth-order valence-electron chi connectivity index (χ4n) is 2.68. The Morgan fingerprint density at radius 2 is 2.04 bits per heavy atom. The topological polar surface area (TPSA) is 93.1 Å². The summed E-state index contributed by atoms with van der Waals surface area (Å²) >= 11 is 0. The molecule has 0 fully saturated rings. The van der Waals surface area contributed by atoms with Crippen molar-refractivity contribution in [2.75, 3.05) is 24.6 Å². The molecular formula is C18H17NO6S. The van der Waals surface area contributed by atoms with E-state index in [1.807, 2.05) is 0 Å². The van der Waals surface area contributed by atoms with E-state index in [2.05, 4.69) is 0 Å². The molecule has 1 aliphatic heterocycles. The first-order valence-electron chi connectivity index (χ1n) is 7.77. The molecule has 1 heterocycles. The second-order valence-electron chi connectivity index (χ2n) is 5.48. The van der Waals surface area contributed by atoms with Crippen LogP contribution in [0.25, 0.3) is 6.08 Å². The Morgan fingerprint density at radius 1 is 1.27 bits per heavy atom. The van der Waals surface area contributed by atoms with Gasteiger partial charge in [-0.2, -0.15) is 0 Å². The van der Waals surface area contributed by atoms with Gasteiger partial charge in [-0.3, -0.25) is 4.31 Å². The van der Waals surface area contributed by atoms with Crippen molar-refractivity contribution in [3.63, 3.8) is 0 Å². The number of benzene rings is 2. The van der Waals surface area contributed by atoms with Gasteiger partial charge in [0.2, 0.25) is 0 Å². The van der Waals surface area contributed by atoms with Crippen LogP contribution >= 0.6 is 0 Å². The van der Waals surface area contributed by atoms with Crippen molar-refractivity contribution < 1.29 is 27.8 Å². The van der Waals surface area contributed by atoms with E-state index in [0.717, 1.165) is 6.08 Å². The second kappa shape index (κ2) is 7.09. The summed E-state index contributed by atoms with van der Waals surface area (Å²) in [4.78, 5) is 10.7. The molecule has 0 amide bonds. The van der Waals surface area contributed by atoms with E-state index in [4.69, 9.17) is 14.6 Å². The number of hydrogen-bond donors (Lipinski definition) is 1. The predicted octanol–water partition coefficient (Wildman–Crippen LogP) is 2.38. The van der Waals surface area contributed by atoms with E-state index < -0.39 is 16.0 Å². The standard InChI is InChI=1S/C18H17NO6S/c1-24-16-8-6-13(7-9-18(20)21)12-17(16)26(22,23)19-10-11-25-15-5-3-2-4-14(15)19/h2-9,12H,10-11H2,1H3,(H,20,21)/b9-7-. The zero-order valence-corrected chi connectivity index (χ0v) is 14.8. The van der Waals surface area contributed by atoms with Crippen LogP contribution in [0.1, 0.15) is 5.56 Å². The number of hydrogen-bond acceptors (Lipinski definition) is 5. The van der Waals surface area contributed by atoms with Gasteiger partial charge in [-0.05, 0) is 35.9 Å². The number of fused-ring (bicyclic) bond motifs is 1. The number of para-hydroxylation sites is 2. The van der Waals surface area contributed by atoms with Gasteiger partial charge in [-0.1, -0.05) is 18.2 Å². The highest BCUT2D eigenvalue weighted by Gasteiger charge is 2.32. The lowest BCUT2D eigenvalue weighted by Gasteiger charge is -2.30. The predicted molar refractivity (Wildman–Crippen MR) is 96.1 cm³/mol. The van der Waals surface area contributed by atoms with Gasteiger partial charge in [0.15, 0.2) is 0 Å². The summed E-state index contributed by atoms with van der Waals surface area (Å²) in [5.41, 5.74) is 0.889. The van der Waals surface area contributed by atoms with Gasteiger partial charge in [0.25, 0.3) is 10.0 Å². The molecule has 0 atom stereocenters. The number of carbonyl (C=O) groups is 1. The normalized spacial score (nSPS) is 14.0. The van der Waals surface area contributed by atoms with Crippen molar-refractivity contribution in [2.45, 2.75) is 4.90 Å². The number of rotatable bonds is 5. The summed E-state index contributed by atoms with van der Waals surface area (Å²) in [6, 6.07) is 11.4. The molecule has 0 spiro atoms. The number of aliphatic carboxylic acids is 1. The molecule has 0 unspecified atom stereocenters. The number of carboxylic acid groups (broad SMARTS) is 1. The molecule has 3 rings (SSSR count). The molecule has 1 aliphatic rings. The molecule has 8 heteroatoms. The molecule has 0 aromatic heterocycles. The van der Waals surface area contributed by atoms with Crippen molar-refractivity contribution in [3.8, 4) is 11.5 Å². The Labute approximate surface area is 151 Å². The molecule has 26 heavy (non-hydrogen) atoms. The Bertz CT molecular complexity index is 967. The number of methoxy groups -OCH3 is 1. The summed E-state index contributed by atoms with van der Waals surface area (Å²) in [7, 11) is -2.55. The third-order valence-corrected chi connectivity index (χ3v) is 5.69. The highest BCUT2D eigenvalue weighted by molar-refractivity contribution is 7.93. The lowest BCUT2D eigenvalue weighted by atomic mass is 10.2. The van der Waals surface area contributed by atoms with Crippen LogP contribution in [0.15, 0.2) is 53.4 Å². The van der Waals surface area contributed by atoms with E-state index in [-0.39, 0.29) is 23.8 Å². The smallest absolute Gasteiger partial charge is 0.328 e. The number of nitrogens with zero attached hydrogens (tertiary/aromatic N) is 1. The Hall–Kier alpha value is -3.00. The molecule has 2 aromatic carbocycles. The summed E-state index contributed by atoms with van der Waals surface area (Å²) in [6.45, 7) is 0.398. The Morgan fingerprint density at radius 3 is 2.77 bits per heavy atom. The van der Waals surface area contributed by atoms with Crippen LogP contribution in [0.5, 0.6) is 11.5 Å². The van der Waals surface area contributed by atoms with Crippen LogP contribution in [-0.2, 0) is 14.8 Å². The first-order valence-corrected chi connectivity index (χ1v) is 9.21. The van der Waals surface area contributed by atoms with E-state index >= 15 is 0 Å². The quantitative estimate of drug-likeness (QED) is 0.807. The monoisotopic (exact) mass is 375 g/mol. The summed E-state index contributed by atoms with van der Waals surface area (Å²) in [5.74, 6) is -0.447. The van der Waals surface area contributed by atoms with Crippen LogP contribution in [-0.4, -0.2) is 39.8 Å². The van der Waals surface area contributed by atoms with Gasteiger partial charge in [0, 0.05) is 6.08 Å². The first-order chi connectivity index (χ1) is 12.4. The minimum absolute atomic E-state index is 0.0377. The molecule has 2 aromatic rings. The van der Waals surface area contributed by atoms with Crippen LogP contribution in [0, 0.1) is 0 Å². The lowest BCUT2D eigenvalue weighted by Crippen LogP contribution is -2.38. The molecule has 0 saturated carbocycles. The fourth-order valence-corrected chi connectivity index (χ4v) is 4.33. The third-order valence-electron chi connectivity index (χ3n) is 3.86. The average molecular weight is 375 g/mol. The maximum atomic E-state index is 13.3. The number of carboxylic acids is 1.